The molecule has 0 saturated carbocycles. The van der Waals surface area contributed by atoms with Crippen molar-refractivity contribution >= 4 is 43.8 Å². The maximum atomic E-state index is 12.1. The lowest BCUT2D eigenvalue weighted by Crippen LogP contribution is -2.12. The number of nitro benzene ring substituents is 1. The fourth-order valence-electron chi connectivity index (χ4n) is 1.37. The molecule has 0 saturated heterocycles. The number of benzene rings is 1. The van der Waals surface area contributed by atoms with Crippen LogP contribution in [0, 0.1) is 10.1 Å². The van der Waals surface area contributed by atoms with Gasteiger partial charge in [0.1, 0.15) is 0 Å². The summed E-state index contributed by atoms with van der Waals surface area (Å²) in [6.07, 6.45) is 0. The molecule has 116 valence electrons. The van der Waals surface area contributed by atoms with Gasteiger partial charge in [-0.25, -0.2) is 0 Å². The Labute approximate surface area is 128 Å². The van der Waals surface area contributed by atoms with Crippen LogP contribution in [0.25, 0.3) is 0 Å². The molecule has 0 atom stereocenters. The summed E-state index contributed by atoms with van der Waals surface area (Å²) in [5.74, 6) is -0.400. The summed E-state index contributed by atoms with van der Waals surface area (Å²) in [5, 5.41) is 19.9. The third kappa shape index (κ3) is 3.73. The van der Waals surface area contributed by atoms with Gasteiger partial charge in [0.15, 0.2) is 0 Å². The number of hydrogen-bond acceptors (Lipinski definition) is 8. The molecule has 1 aromatic heterocycles. The first kappa shape index (κ1) is 15.8. The smallest absolute Gasteiger partial charge is 0.291 e. The average Bonchev–Trinajstić information content (AvgIpc) is 2.87. The molecule has 2 N–H and O–H groups in total. The van der Waals surface area contributed by atoms with Crippen LogP contribution in [0.3, 0.4) is 0 Å². The number of hydrogen-bond donors (Lipinski definition) is 2. The zero-order valence-electron chi connectivity index (χ0n) is 11.0. The van der Waals surface area contributed by atoms with Gasteiger partial charge in [-0.3, -0.25) is 19.6 Å². The Morgan fingerprint density at radius 2 is 1.91 bits per heavy atom. The molecule has 0 unspecified atom stereocenters. The second-order valence-electron chi connectivity index (χ2n) is 3.96. The van der Waals surface area contributed by atoms with Gasteiger partial charge in [-0.05, 0) is 12.1 Å². The maximum absolute atomic E-state index is 12.1. The van der Waals surface area contributed by atoms with Gasteiger partial charge in [0.05, 0.1) is 4.92 Å². The molecule has 0 aliphatic carbocycles. The van der Waals surface area contributed by atoms with E-state index in [-0.39, 0.29) is 20.8 Å². The number of carbonyl (C=O) groups is 1. The minimum atomic E-state index is -3.99. The topological polar surface area (TPSA) is 144 Å². The van der Waals surface area contributed by atoms with Crippen molar-refractivity contribution in [2.45, 2.75) is 11.3 Å². The van der Waals surface area contributed by atoms with Gasteiger partial charge in [0.2, 0.25) is 11.0 Å². The Morgan fingerprint density at radius 1 is 1.27 bits per heavy atom. The second kappa shape index (κ2) is 6.03. The Balaban J connectivity index is 2.18. The molecule has 2 aromatic rings. The molecular formula is C10H9N5O5S2. The van der Waals surface area contributed by atoms with Crippen molar-refractivity contribution in [3.8, 4) is 0 Å². The summed E-state index contributed by atoms with van der Waals surface area (Å²) in [7, 11) is -3.99. The molecule has 22 heavy (non-hydrogen) atoms. The summed E-state index contributed by atoms with van der Waals surface area (Å²) >= 11 is 0.683. The van der Waals surface area contributed by atoms with Crippen molar-refractivity contribution in [1.29, 1.82) is 0 Å². The first-order chi connectivity index (χ1) is 10.3. The van der Waals surface area contributed by atoms with E-state index in [1.165, 1.54) is 31.2 Å². The van der Waals surface area contributed by atoms with Crippen LogP contribution in [-0.2, 0) is 14.8 Å². The van der Waals surface area contributed by atoms with Gasteiger partial charge in [-0.2, -0.15) is 8.42 Å². The fourth-order valence-corrected chi connectivity index (χ4v) is 3.38. The van der Waals surface area contributed by atoms with Crippen LogP contribution in [0.2, 0.25) is 0 Å². The highest BCUT2D eigenvalue weighted by Crippen LogP contribution is 2.23. The molecule has 0 fully saturated rings. The number of non-ortho nitro benzene ring substituents is 1. The summed E-state index contributed by atoms with van der Waals surface area (Å²) in [6.45, 7) is 1.25. The van der Waals surface area contributed by atoms with E-state index in [0.29, 0.717) is 11.3 Å². The van der Waals surface area contributed by atoms with E-state index in [2.05, 4.69) is 20.2 Å². The molecular weight excluding hydrogens is 334 g/mol. The Kier molecular flexibility index (Phi) is 4.32. The molecule has 0 bridgehead atoms. The van der Waals surface area contributed by atoms with Gasteiger partial charge in [-0.1, -0.05) is 11.3 Å². The standard InChI is InChI=1S/C10H9N5O5S2/c1-6(16)11-9-12-13-10(21-9)22(19,20)14-7-2-4-8(5-3-7)15(17)18/h2-5,14H,1H3,(H,11,12,16). The monoisotopic (exact) mass is 343 g/mol. The average molecular weight is 343 g/mol. The fraction of sp³-hybridized carbons (Fsp3) is 0.100. The van der Waals surface area contributed by atoms with Crippen molar-refractivity contribution < 1.29 is 18.1 Å². The number of nitrogens with one attached hydrogen (secondary N) is 2. The molecule has 0 radical (unpaired) electrons. The number of anilines is 2. The molecule has 1 aromatic carbocycles. The van der Waals surface area contributed by atoms with E-state index in [4.69, 9.17) is 0 Å². The van der Waals surface area contributed by atoms with Gasteiger partial charge in [0, 0.05) is 24.7 Å². The lowest BCUT2D eigenvalue weighted by molar-refractivity contribution is -0.384. The van der Waals surface area contributed by atoms with Gasteiger partial charge in [0.25, 0.3) is 20.1 Å². The molecule has 1 amide bonds. The molecule has 0 aliphatic rings. The van der Waals surface area contributed by atoms with Crippen molar-refractivity contribution in [2.75, 3.05) is 10.0 Å². The third-order valence-corrected chi connectivity index (χ3v) is 4.84. The van der Waals surface area contributed by atoms with E-state index in [0.717, 1.165) is 0 Å². The second-order valence-corrected chi connectivity index (χ2v) is 6.80. The number of carbonyl (C=O) groups excluding carboxylic acids is 1. The van der Waals surface area contributed by atoms with Gasteiger partial charge in [-0.15, -0.1) is 10.2 Å². The Morgan fingerprint density at radius 3 is 2.45 bits per heavy atom. The van der Waals surface area contributed by atoms with Crippen LogP contribution < -0.4 is 10.0 Å². The molecule has 0 spiro atoms. The minimum Gasteiger partial charge on any atom is -0.301 e. The highest BCUT2D eigenvalue weighted by molar-refractivity contribution is 7.94. The minimum absolute atomic E-state index is 0.0524. The van der Waals surface area contributed by atoms with Crippen LogP contribution in [0.15, 0.2) is 28.6 Å². The zero-order chi connectivity index (χ0) is 16.3. The van der Waals surface area contributed by atoms with E-state index in [9.17, 15) is 23.3 Å². The predicted molar refractivity (Wildman–Crippen MR) is 78.1 cm³/mol. The first-order valence-electron chi connectivity index (χ1n) is 5.66. The highest BCUT2D eigenvalue weighted by Gasteiger charge is 2.21. The number of aromatic nitrogens is 2. The number of sulfonamides is 1. The quantitative estimate of drug-likeness (QED) is 0.471. The van der Waals surface area contributed by atoms with Crippen molar-refractivity contribution in [3.63, 3.8) is 0 Å². The summed E-state index contributed by atoms with van der Waals surface area (Å²) < 4.78 is 26.0. The summed E-state index contributed by atoms with van der Waals surface area (Å²) in [6, 6.07) is 4.85. The first-order valence-corrected chi connectivity index (χ1v) is 7.96. The Hall–Kier alpha value is -2.60. The number of nitro groups is 1. The highest BCUT2D eigenvalue weighted by atomic mass is 32.2. The maximum Gasteiger partial charge on any atom is 0.291 e. The number of rotatable bonds is 5. The van der Waals surface area contributed by atoms with Crippen molar-refractivity contribution in [2.24, 2.45) is 0 Å². The normalized spacial score (nSPS) is 11.0. The molecule has 1 heterocycles. The lowest BCUT2D eigenvalue weighted by Gasteiger charge is -2.04. The SMILES string of the molecule is CC(=O)Nc1nnc(S(=O)(=O)Nc2ccc([N+](=O)[O-])cc2)s1. The van der Waals surface area contributed by atoms with E-state index < -0.39 is 20.9 Å². The summed E-state index contributed by atoms with van der Waals surface area (Å²) in [5.41, 5.74) is -0.0197. The predicted octanol–water partition coefficient (Wildman–Crippen LogP) is 1.21. The van der Waals surface area contributed by atoms with Crippen molar-refractivity contribution in [1.82, 2.24) is 10.2 Å². The lowest BCUT2D eigenvalue weighted by atomic mass is 10.3. The Bertz CT molecular complexity index is 814. The summed E-state index contributed by atoms with van der Waals surface area (Å²) in [4.78, 5) is 20.8. The van der Waals surface area contributed by atoms with E-state index in [1.807, 2.05) is 0 Å². The van der Waals surface area contributed by atoms with Crippen molar-refractivity contribution in [3.05, 3.63) is 34.4 Å². The van der Waals surface area contributed by atoms with E-state index >= 15 is 0 Å². The molecule has 2 rings (SSSR count). The van der Waals surface area contributed by atoms with Crippen LogP contribution in [0.5, 0.6) is 0 Å². The molecule has 10 nitrogen and oxygen atoms in total. The third-order valence-electron chi connectivity index (χ3n) is 2.25. The largest absolute Gasteiger partial charge is 0.301 e. The van der Waals surface area contributed by atoms with E-state index in [1.54, 1.807) is 0 Å². The number of nitrogens with zero attached hydrogens (tertiary/aromatic N) is 3. The zero-order valence-corrected chi connectivity index (χ0v) is 12.6. The van der Waals surface area contributed by atoms with Crippen LogP contribution >= 0.6 is 11.3 Å². The van der Waals surface area contributed by atoms with Crippen LogP contribution in [0.1, 0.15) is 6.92 Å². The molecule has 0 aliphatic heterocycles. The van der Waals surface area contributed by atoms with Gasteiger partial charge < -0.3 is 5.32 Å². The van der Waals surface area contributed by atoms with Gasteiger partial charge >= 0.3 is 0 Å². The molecule has 12 heteroatoms. The van der Waals surface area contributed by atoms with Crippen LogP contribution in [-0.4, -0.2) is 29.4 Å². The van der Waals surface area contributed by atoms with Crippen LogP contribution in [0.4, 0.5) is 16.5 Å². The number of amides is 1.